The van der Waals surface area contributed by atoms with Gasteiger partial charge >= 0.3 is 0 Å². The molecular formula is C19H18N4O2S. The number of nitrogens with zero attached hydrogens (tertiary/aromatic N) is 1. The standard InChI is InChI=1S/C19H18N4O2S/c1-12-7-9-14(10-8-12)21-15(24)11-26-19-22-17(20)16(18(25)23-19)13-5-3-2-4-6-13/h2-10H,11H2,1H3,(H,21,24)(H3,20,22,23,25). The molecular weight excluding hydrogens is 348 g/mol. The van der Waals surface area contributed by atoms with Gasteiger partial charge in [0.05, 0.1) is 11.3 Å². The van der Waals surface area contributed by atoms with Gasteiger partial charge in [0.25, 0.3) is 5.56 Å². The van der Waals surface area contributed by atoms with E-state index < -0.39 is 0 Å². The summed E-state index contributed by atoms with van der Waals surface area (Å²) in [6.07, 6.45) is 0. The lowest BCUT2D eigenvalue weighted by Crippen LogP contribution is -2.17. The Balaban J connectivity index is 1.68. The van der Waals surface area contributed by atoms with Crippen LogP contribution < -0.4 is 16.6 Å². The molecule has 132 valence electrons. The number of H-pyrrole nitrogens is 1. The summed E-state index contributed by atoms with van der Waals surface area (Å²) in [7, 11) is 0. The fourth-order valence-corrected chi connectivity index (χ4v) is 3.06. The second kappa shape index (κ2) is 7.88. The molecule has 3 rings (SSSR count). The number of carbonyl (C=O) groups is 1. The Kier molecular flexibility index (Phi) is 5.38. The SMILES string of the molecule is Cc1ccc(NC(=O)CSc2nc(N)c(-c3ccccc3)c(=O)[nH]2)cc1. The Morgan fingerprint density at radius 3 is 2.50 bits per heavy atom. The summed E-state index contributed by atoms with van der Waals surface area (Å²) in [4.78, 5) is 31.3. The Hall–Kier alpha value is -3.06. The van der Waals surface area contributed by atoms with E-state index in [1.807, 2.05) is 49.4 Å². The summed E-state index contributed by atoms with van der Waals surface area (Å²) in [6, 6.07) is 16.6. The van der Waals surface area contributed by atoms with Crippen LogP contribution in [0.4, 0.5) is 11.5 Å². The molecule has 1 amide bonds. The third-order valence-electron chi connectivity index (χ3n) is 3.66. The minimum Gasteiger partial charge on any atom is -0.383 e. The number of nitrogens with one attached hydrogen (secondary N) is 2. The summed E-state index contributed by atoms with van der Waals surface area (Å²) in [6.45, 7) is 1.98. The second-order valence-corrected chi connectivity index (χ2v) is 6.66. The lowest BCUT2D eigenvalue weighted by Gasteiger charge is -2.08. The van der Waals surface area contributed by atoms with Crippen LogP contribution in [0.2, 0.25) is 0 Å². The Morgan fingerprint density at radius 1 is 1.15 bits per heavy atom. The summed E-state index contributed by atoms with van der Waals surface area (Å²) in [5, 5.41) is 3.11. The molecule has 4 N–H and O–H groups in total. The largest absolute Gasteiger partial charge is 0.383 e. The number of aryl methyl sites for hydroxylation is 1. The first-order chi connectivity index (χ1) is 12.5. The minimum atomic E-state index is -0.329. The summed E-state index contributed by atoms with van der Waals surface area (Å²) in [5.41, 5.74) is 8.50. The molecule has 0 saturated heterocycles. The molecule has 1 aromatic heterocycles. The smallest absolute Gasteiger partial charge is 0.261 e. The average molecular weight is 366 g/mol. The highest BCUT2D eigenvalue weighted by Crippen LogP contribution is 2.22. The molecule has 0 radical (unpaired) electrons. The van der Waals surface area contributed by atoms with Gasteiger partial charge in [-0.25, -0.2) is 4.98 Å². The van der Waals surface area contributed by atoms with Crippen molar-refractivity contribution in [3.63, 3.8) is 0 Å². The molecule has 0 saturated carbocycles. The van der Waals surface area contributed by atoms with Crippen LogP contribution in [0.1, 0.15) is 5.56 Å². The molecule has 0 unspecified atom stereocenters. The van der Waals surface area contributed by atoms with Gasteiger partial charge in [-0.05, 0) is 24.6 Å². The lowest BCUT2D eigenvalue weighted by molar-refractivity contribution is -0.113. The molecule has 0 aliphatic heterocycles. The van der Waals surface area contributed by atoms with Gasteiger partial charge in [0, 0.05) is 5.69 Å². The molecule has 1 heterocycles. The number of hydrogen-bond acceptors (Lipinski definition) is 5. The monoisotopic (exact) mass is 366 g/mol. The van der Waals surface area contributed by atoms with Crippen molar-refractivity contribution in [2.45, 2.75) is 12.1 Å². The van der Waals surface area contributed by atoms with Gasteiger partial charge in [0.1, 0.15) is 5.82 Å². The second-order valence-electron chi connectivity index (χ2n) is 5.70. The van der Waals surface area contributed by atoms with Crippen LogP contribution in [0.25, 0.3) is 11.1 Å². The van der Waals surface area contributed by atoms with Gasteiger partial charge in [-0.2, -0.15) is 0 Å². The summed E-state index contributed by atoms with van der Waals surface area (Å²) < 4.78 is 0. The fraction of sp³-hybridized carbons (Fsp3) is 0.105. The number of aromatic amines is 1. The van der Waals surface area contributed by atoms with E-state index in [0.29, 0.717) is 16.3 Å². The van der Waals surface area contributed by atoms with Crippen molar-refractivity contribution in [3.05, 3.63) is 70.5 Å². The zero-order valence-electron chi connectivity index (χ0n) is 14.2. The zero-order chi connectivity index (χ0) is 18.5. The molecule has 0 atom stereocenters. The highest BCUT2D eigenvalue weighted by molar-refractivity contribution is 7.99. The van der Waals surface area contributed by atoms with Crippen molar-refractivity contribution >= 4 is 29.2 Å². The van der Waals surface area contributed by atoms with E-state index in [9.17, 15) is 9.59 Å². The van der Waals surface area contributed by atoms with Crippen molar-refractivity contribution in [2.24, 2.45) is 0 Å². The predicted molar refractivity (Wildman–Crippen MR) is 105 cm³/mol. The van der Waals surface area contributed by atoms with E-state index in [-0.39, 0.29) is 23.0 Å². The number of anilines is 2. The van der Waals surface area contributed by atoms with Gasteiger partial charge in [0.2, 0.25) is 5.91 Å². The maximum Gasteiger partial charge on any atom is 0.261 e. The maximum absolute atomic E-state index is 12.3. The van der Waals surface area contributed by atoms with Crippen LogP contribution in [0.15, 0.2) is 64.5 Å². The van der Waals surface area contributed by atoms with E-state index in [1.165, 1.54) is 0 Å². The molecule has 2 aromatic carbocycles. The van der Waals surface area contributed by atoms with Gasteiger partial charge in [0.15, 0.2) is 5.16 Å². The van der Waals surface area contributed by atoms with Crippen LogP contribution in [-0.2, 0) is 4.79 Å². The van der Waals surface area contributed by atoms with E-state index in [0.717, 1.165) is 23.0 Å². The summed E-state index contributed by atoms with van der Waals surface area (Å²) in [5.74, 6) is 0.0645. The number of aromatic nitrogens is 2. The molecule has 0 spiro atoms. The highest BCUT2D eigenvalue weighted by atomic mass is 32.2. The number of amides is 1. The molecule has 3 aromatic rings. The number of hydrogen-bond donors (Lipinski definition) is 3. The molecule has 7 heteroatoms. The Bertz CT molecular complexity index is 969. The summed E-state index contributed by atoms with van der Waals surface area (Å²) >= 11 is 1.12. The van der Waals surface area contributed by atoms with Crippen LogP contribution in [0.5, 0.6) is 0 Å². The van der Waals surface area contributed by atoms with Crippen molar-refractivity contribution < 1.29 is 4.79 Å². The van der Waals surface area contributed by atoms with Crippen LogP contribution in [-0.4, -0.2) is 21.6 Å². The van der Waals surface area contributed by atoms with Crippen LogP contribution in [0, 0.1) is 6.92 Å². The number of rotatable bonds is 5. The molecule has 0 aliphatic rings. The van der Waals surface area contributed by atoms with E-state index in [1.54, 1.807) is 12.1 Å². The highest BCUT2D eigenvalue weighted by Gasteiger charge is 2.12. The quantitative estimate of drug-likeness (QED) is 0.476. The third kappa shape index (κ3) is 4.31. The van der Waals surface area contributed by atoms with E-state index in [4.69, 9.17) is 5.73 Å². The molecule has 0 bridgehead atoms. The number of nitrogens with two attached hydrogens (primary N) is 1. The first-order valence-corrected chi connectivity index (χ1v) is 8.96. The average Bonchev–Trinajstić information content (AvgIpc) is 2.62. The van der Waals surface area contributed by atoms with Crippen molar-refractivity contribution in [3.8, 4) is 11.1 Å². The molecule has 0 fully saturated rings. The predicted octanol–water partition coefficient (Wildman–Crippen LogP) is 3.06. The van der Waals surface area contributed by atoms with Gasteiger partial charge in [-0.3, -0.25) is 9.59 Å². The third-order valence-corrected chi connectivity index (χ3v) is 4.54. The fourth-order valence-electron chi connectivity index (χ4n) is 2.39. The molecule has 0 aliphatic carbocycles. The van der Waals surface area contributed by atoms with Gasteiger partial charge < -0.3 is 16.0 Å². The van der Waals surface area contributed by atoms with E-state index in [2.05, 4.69) is 15.3 Å². The first-order valence-electron chi connectivity index (χ1n) is 7.97. The number of thioether (sulfide) groups is 1. The van der Waals surface area contributed by atoms with Crippen LogP contribution >= 0.6 is 11.8 Å². The number of carbonyl (C=O) groups excluding carboxylic acids is 1. The van der Waals surface area contributed by atoms with Crippen molar-refractivity contribution in [2.75, 3.05) is 16.8 Å². The van der Waals surface area contributed by atoms with Gasteiger partial charge in [-0.1, -0.05) is 59.8 Å². The minimum absolute atomic E-state index is 0.112. The van der Waals surface area contributed by atoms with Crippen molar-refractivity contribution in [1.29, 1.82) is 0 Å². The number of benzene rings is 2. The molecule has 6 nitrogen and oxygen atoms in total. The lowest BCUT2D eigenvalue weighted by atomic mass is 10.1. The maximum atomic E-state index is 12.3. The molecule has 26 heavy (non-hydrogen) atoms. The zero-order valence-corrected chi connectivity index (χ0v) is 15.0. The normalized spacial score (nSPS) is 10.5. The topological polar surface area (TPSA) is 101 Å². The van der Waals surface area contributed by atoms with Crippen molar-refractivity contribution in [1.82, 2.24) is 9.97 Å². The Morgan fingerprint density at radius 2 is 1.85 bits per heavy atom. The first kappa shape index (κ1) is 17.8. The van der Waals surface area contributed by atoms with Crippen LogP contribution in [0.3, 0.4) is 0 Å². The van der Waals surface area contributed by atoms with Gasteiger partial charge in [-0.15, -0.1) is 0 Å². The van der Waals surface area contributed by atoms with E-state index >= 15 is 0 Å². The number of nitrogen functional groups attached to an aromatic ring is 1. The Labute approximate surface area is 154 Å².